The first kappa shape index (κ1) is 15.4. The van der Waals surface area contributed by atoms with Crippen LogP contribution in [-0.2, 0) is 14.8 Å². The normalized spacial score (nSPS) is 19.5. The van der Waals surface area contributed by atoms with E-state index in [4.69, 9.17) is 4.74 Å². The smallest absolute Gasteiger partial charge is 0.250 e. The monoisotopic (exact) mass is 367 g/mol. The molecule has 0 radical (unpaired) electrons. The highest BCUT2D eigenvalue weighted by atomic mass is 79.9. The van der Waals surface area contributed by atoms with Crippen LogP contribution >= 0.6 is 27.3 Å². The minimum absolute atomic E-state index is 0.0601. The van der Waals surface area contributed by atoms with Crippen LogP contribution in [0.3, 0.4) is 0 Å². The third kappa shape index (κ3) is 3.78. The van der Waals surface area contributed by atoms with Crippen LogP contribution in [-0.4, -0.2) is 27.7 Å². The highest BCUT2D eigenvalue weighted by Crippen LogP contribution is 2.31. The van der Waals surface area contributed by atoms with Crippen molar-refractivity contribution in [2.24, 2.45) is 5.92 Å². The van der Waals surface area contributed by atoms with Gasteiger partial charge < -0.3 is 4.74 Å². The Balaban J connectivity index is 2.08. The maximum atomic E-state index is 12.3. The quantitative estimate of drug-likeness (QED) is 0.889. The maximum Gasteiger partial charge on any atom is 0.250 e. The Bertz CT molecular complexity index is 516. The van der Waals surface area contributed by atoms with Crippen molar-refractivity contribution in [3.05, 3.63) is 15.4 Å². The molecule has 0 bridgehead atoms. The van der Waals surface area contributed by atoms with E-state index in [0.717, 1.165) is 35.4 Å². The molecule has 1 aromatic rings. The van der Waals surface area contributed by atoms with Gasteiger partial charge in [0.05, 0.1) is 3.79 Å². The van der Waals surface area contributed by atoms with E-state index in [-0.39, 0.29) is 6.04 Å². The second-order valence-corrected chi connectivity index (χ2v) is 9.19. The number of aryl methyl sites for hydroxylation is 1. The van der Waals surface area contributed by atoms with Gasteiger partial charge in [-0.25, -0.2) is 13.1 Å². The molecular weight excluding hydrogens is 350 g/mol. The number of nitrogens with one attached hydrogen (secondary N) is 1. The Hall–Kier alpha value is 0.0500. The van der Waals surface area contributed by atoms with E-state index in [9.17, 15) is 8.42 Å². The summed E-state index contributed by atoms with van der Waals surface area (Å²) in [6.45, 7) is 5.27. The van der Waals surface area contributed by atoms with Crippen LogP contribution in [0.5, 0.6) is 0 Å². The zero-order valence-corrected chi connectivity index (χ0v) is 14.2. The van der Waals surface area contributed by atoms with Crippen molar-refractivity contribution in [3.63, 3.8) is 0 Å². The average Bonchev–Trinajstić information content (AvgIpc) is 2.71. The SMILES string of the molecule is Cc1cc(S(=O)(=O)NC(C)C2CCOCC2)sc1Br. The van der Waals surface area contributed by atoms with Crippen LogP contribution in [0.15, 0.2) is 14.1 Å². The lowest BCUT2D eigenvalue weighted by Gasteiger charge is -2.27. The van der Waals surface area contributed by atoms with Crippen LogP contribution in [0, 0.1) is 12.8 Å². The highest BCUT2D eigenvalue weighted by molar-refractivity contribution is 9.11. The predicted molar refractivity (Wildman–Crippen MR) is 80.1 cm³/mol. The molecule has 1 aliphatic rings. The number of hydrogen-bond donors (Lipinski definition) is 1. The molecule has 19 heavy (non-hydrogen) atoms. The minimum Gasteiger partial charge on any atom is -0.381 e. The van der Waals surface area contributed by atoms with Crippen molar-refractivity contribution in [2.75, 3.05) is 13.2 Å². The standard InChI is InChI=1S/C12H18BrNO3S2/c1-8-7-11(18-12(8)13)19(15,16)14-9(2)10-3-5-17-6-4-10/h7,9-10,14H,3-6H2,1-2H3. The summed E-state index contributed by atoms with van der Waals surface area (Å²) in [5, 5.41) is 0. The molecule has 1 aliphatic heterocycles. The summed E-state index contributed by atoms with van der Waals surface area (Å²) < 4.78 is 33.9. The van der Waals surface area contributed by atoms with Gasteiger partial charge in [-0.15, -0.1) is 11.3 Å². The van der Waals surface area contributed by atoms with Crippen molar-refractivity contribution in [3.8, 4) is 0 Å². The summed E-state index contributed by atoms with van der Waals surface area (Å²) >= 11 is 4.61. The van der Waals surface area contributed by atoms with E-state index in [1.54, 1.807) is 6.07 Å². The topological polar surface area (TPSA) is 55.4 Å². The Morgan fingerprint density at radius 3 is 2.63 bits per heavy atom. The third-order valence-corrected chi connectivity index (χ3v) is 7.58. The molecule has 1 atom stereocenters. The lowest BCUT2D eigenvalue weighted by Crippen LogP contribution is -2.39. The van der Waals surface area contributed by atoms with Gasteiger partial charge in [-0.1, -0.05) is 0 Å². The van der Waals surface area contributed by atoms with Gasteiger partial charge in [-0.05, 0) is 60.2 Å². The molecule has 2 heterocycles. The van der Waals surface area contributed by atoms with Gasteiger partial charge in [0.25, 0.3) is 0 Å². The molecule has 0 spiro atoms. The zero-order chi connectivity index (χ0) is 14.0. The summed E-state index contributed by atoms with van der Waals surface area (Å²) in [4.78, 5) is 0. The average molecular weight is 368 g/mol. The van der Waals surface area contributed by atoms with Gasteiger partial charge in [-0.3, -0.25) is 0 Å². The molecule has 0 amide bonds. The summed E-state index contributed by atoms with van der Waals surface area (Å²) in [6, 6.07) is 1.64. The predicted octanol–water partition coefficient (Wildman–Crippen LogP) is 2.91. The second-order valence-electron chi connectivity index (χ2n) is 4.88. The molecule has 1 fully saturated rings. The summed E-state index contributed by atoms with van der Waals surface area (Å²) in [6.07, 6.45) is 1.83. The number of halogens is 1. The number of hydrogen-bond acceptors (Lipinski definition) is 4. The van der Waals surface area contributed by atoms with Crippen LogP contribution in [0.1, 0.15) is 25.3 Å². The van der Waals surface area contributed by atoms with Crippen LogP contribution < -0.4 is 4.72 Å². The fraction of sp³-hybridized carbons (Fsp3) is 0.667. The first-order valence-electron chi connectivity index (χ1n) is 6.26. The van der Waals surface area contributed by atoms with E-state index >= 15 is 0 Å². The minimum atomic E-state index is -3.41. The first-order valence-corrected chi connectivity index (χ1v) is 9.35. The Morgan fingerprint density at radius 1 is 1.47 bits per heavy atom. The van der Waals surface area contributed by atoms with Gasteiger partial charge in [-0.2, -0.15) is 0 Å². The molecule has 1 unspecified atom stereocenters. The summed E-state index contributed by atoms with van der Waals surface area (Å²) in [5.41, 5.74) is 0.948. The third-order valence-electron chi connectivity index (χ3n) is 3.41. The Morgan fingerprint density at radius 2 is 2.11 bits per heavy atom. The zero-order valence-electron chi connectivity index (χ0n) is 11.0. The molecule has 0 aromatic carbocycles. The Kier molecular flexibility index (Phi) is 5.05. The number of thiophene rings is 1. The van der Waals surface area contributed by atoms with Gasteiger partial charge in [0.15, 0.2) is 0 Å². The van der Waals surface area contributed by atoms with E-state index in [2.05, 4.69) is 20.7 Å². The number of rotatable bonds is 4. The molecule has 7 heteroatoms. The molecule has 4 nitrogen and oxygen atoms in total. The molecule has 1 aromatic heterocycles. The molecule has 2 rings (SSSR count). The van der Waals surface area contributed by atoms with E-state index in [1.165, 1.54) is 11.3 Å². The van der Waals surface area contributed by atoms with Gasteiger partial charge in [0, 0.05) is 19.3 Å². The fourth-order valence-corrected chi connectivity index (χ4v) is 5.73. The van der Waals surface area contributed by atoms with E-state index < -0.39 is 10.0 Å². The maximum absolute atomic E-state index is 12.3. The van der Waals surface area contributed by atoms with Crippen LogP contribution in [0.2, 0.25) is 0 Å². The Labute approximate surface area is 126 Å². The number of sulfonamides is 1. The summed E-state index contributed by atoms with van der Waals surface area (Å²) in [5.74, 6) is 0.355. The second kappa shape index (κ2) is 6.22. The van der Waals surface area contributed by atoms with E-state index in [1.807, 2.05) is 13.8 Å². The number of ether oxygens (including phenoxy) is 1. The lowest BCUT2D eigenvalue weighted by molar-refractivity contribution is 0.0586. The van der Waals surface area contributed by atoms with E-state index in [0.29, 0.717) is 10.1 Å². The van der Waals surface area contributed by atoms with Crippen molar-refractivity contribution >= 4 is 37.3 Å². The van der Waals surface area contributed by atoms with Crippen molar-refractivity contribution in [1.82, 2.24) is 4.72 Å². The molecule has 1 N–H and O–H groups in total. The van der Waals surface area contributed by atoms with Crippen LogP contribution in [0.25, 0.3) is 0 Å². The van der Waals surface area contributed by atoms with Crippen molar-refractivity contribution in [1.29, 1.82) is 0 Å². The van der Waals surface area contributed by atoms with Gasteiger partial charge in [0.1, 0.15) is 4.21 Å². The first-order chi connectivity index (χ1) is 8.90. The molecule has 1 saturated heterocycles. The largest absolute Gasteiger partial charge is 0.381 e. The highest BCUT2D eigenvalue weighted by Gasteiger charge is 2.26. The molecule has 108 valence electrons. The van der Waals surface area contributed by atoms with Crippen molar-refractivity contribution in [2.45, 2.75) is 36.9 Å². The van der Waals surface area contributed by atoms with Gasteiger partial charge in [0.2, 0.25) is 10.0 Å². The molecular formula is C12H18BrNO3S2. The molecule has 0 saturated carbocycles. The lowest BCUT2D eigenvalue weighted by atomic mass is 9.94. The van der Waals surface area contributed by atoms with Gasteiger partial charge >= 0.3 is 0 Å². The van der Waals surface area contributed by atoms with Crippen molar-refractivity contribution < 1.29 is 13.2 Å². The summed E-state index contributed by atoms with van der Waals surface area (Å²) in [7, 11) is -3.41. The molecule has 0 aliphatic carbocycles. The fourth-order valence-electron chi connectivity index (χ4n) is 2.18. The van der Waals surface area contributed by atoms with Crippen LogP contribution in [0.4, 0.5) is 0 Å².